The summed E-state index contributed by atoms with van der Waals surface area (Å²) in [4.78, 5) is 16.9. The number of halogens is 3. The predicted molar refractivity (Wildman–Crippen MR) is 117 cm³/mol. The number of anilines is 3. The molecule has 4 rings (SSSR count). The second-order valence-electron chi connectivity index (χ2n) is 7.00. The standard InChI is InChI=1S/C22H20F3N7O/c23-22(24,25)33-18-4-2-17(3-5-18)31-21-13-19(29-14-30-21)16-6-8-28-20(12-16)27-7-1-10-32-11-9-26-15-32/h2-6,8-9,11-15H,1,7,10H2,(H,27,28)(H,29,30,31). The number of alkyl halides is 3. The van der Waals surface area contributed by atoms with Crippen LogP contribution in [0.25, 0.3) is 11.3 Å². The summed E-state index contributed by atoms with van der Waals surface area (Å²) in [5.41, 5.74) is 2.08. The Kier molecular flexibility index (Phi) is 6.67. The number of nitrogens with one attached hydrogen (secondary N) is 2. The van der Waals surface area contributed by atoms with Gasteiger partial charge in [0.25, 0.3) is 0 Å². The molecule has 33 heavy (non-hydrogen) atoms. The van der Waals surface area contributed by atoms with E-state index in [1.807, 2.05) is 22.9 Å². The van der Waals surface area contributed by atoms with Gasteiger partial charge in [-0.1, -0.05) is 0 Å². The van der Waals surface area contributed by atoms with Crippen LogP contribution in [0.15, 0.2) is 73.7 Å². The fourth-order valence-corrected chi connectivity index (χ4v) is 3.05. The van der Waals surface area contributed by atoms with Gasteiger partial charge < -0.3 is 19.9 Å². The zero-order valence-electron chi connectivity index (χ0n) is 17.3. The van der Waals surface area contributed by atoms with Crippen molar-refractivity contribution in [1.29, 1.82) is 0 Å². The van der Waals surface area contributed by atoms with Crippen molar-refractivity contribution < 1.29 is 17.9 Å². The molecule has 0 aliphatic carbocycles. The summed E-state index contributed by atoms with van der Waals surface area (Å²) in [6.07, 6.45) is 4.75. The van der Waals surface area contributed by atoms with Gasteiger partial charge in [-0.3, -0.25) is 0 Å². The van der Waals surface area contributed by atoms with Crippen LogP contribution in [-0.2, 0) is 6.54 Å². The zero-order valence-corrected chi connectivity index (χ0v) is 17.3. The monoisotopic (exact) mass is 455 g/mol. The van der Waals surface area contributed by atoms with E-state index in [1.54, 1.807) is 24.8 Å². The van der Waals surface area contributed by atoms with Crippen molar-refractivity contribution in [3.8, 4) is 17.0 Å². The number of rotatable bonds is 9. The van der Waals surface area contributed by atoms with E-state index in [-0.39, 0.29) is 5.75 Å². The van der Waals surface area contributed by atoms with E-state index in [2.05, 4.69) is 35.3 Å². The molecule has 3 aromatic heterocycles. The van der Waals surface area contributed by atoms with Crippen molar-refractivity contribution in [3.63, 3.8) is 0 Å². The first-order chi connectivity index (χ1) is 15.9. The van der Waals surface area contributed by atoms with Gasteiger partial charge >= 0.3 is 6.36 Å². The maximum atomic E-state index is 12.3. The lowest BCUT2D eigenvalue weighted by Crippen LogP contribution is -2.16. The van der Waals surface area contributed by atoms with Gasteiger partial charge in [0.15, 0.2) is 0 Å². The minimum Gasteiger partial charge on any atom is -0.406 e. The van der Waals surface area contributed by atoms with Gasteiger partial charge in [-0.25, -0.2) is 19.9 Å². The molecule has 0 aliphatic heterocycles. The van der Waals surface area contributed by atoms with Crippen LogP contribution >= 0.6 is 0 Å². The van der Waals surface area contributed by atoms with Crippen LogP contribution < -0.4 is 15.4 Å². The number of hydrogen-bond donors (Lipinski definition) is 2. The van der Waals surface area contributed by atoms with Crippen LogP contribution in [0.4, 0.5) is 30.5 Å². The van der Waals surface area contributed by atoms with Crippen molar-refractivity contribution in [2.24, 2.45) is 0 Å². The number of pyridine rings is 1. The predicted octanol–water partition coefficient (Wildman–Crippen LogP) is 4.88. The Bertz CT molecular complexity index is 1170. The number of nitrogens with zero attached hydrogens (tertiary/aromatic N) is 5. The van der Waals surface area contributed by atoms with Crippen molar-refractivity contribution >= 4 is 17.3 Å². The Labute approximate surface area is 187 Å². The molecule has 0 unspecified atom stereocenters. The molecule has 0 radical (unpaired) electrons. The molecule has 170 valence electrons. The molecule has 0 atom stereocenters. The first-order valence-corrected chi connectivity index (χ1v) is 10.1. The summed E-state index contributed by atoms with van der Waals surface area (Å²) in [6, 6.07) is 10.9. The molecule has 4 aromatic rings. The Morgan fingerprint density at radius 3 is 2.55 bits per heavy atom. The average molecular weight is 455 g/mol. The highest BCUT2D eigenvalue weighted by Gasteiger charge is 2.30. The summed E-state index contributed by atoms with van der Waals surface area (Å²) in [7, 11) is 0. The number of imidazole rings is 1. The fourth-order valence-electron chi connectivity index (χ4n) is 3.05. The molecule has 0 saturated carbocycles. The van der Waals surface area contributed by atoms with Crippen molar-refractivity contribution in [2.75, 3.05) is 17.2 Å². The molecule has 0 fully saturated rings. The number of benzene rings is 1. The van der Waals surface area contributed by atoms with Gasteiger partial charge in [-0.2, -0.15) is 0 Å². The Balaban J connectivity index is 1.37. The SMILES string of the molecule is FC(F)(F)Oc1ccc(Nc2cc(-c3ccnc(NCCCn4ccnc4)c3)ncn2)cc1. The van der Waals surface area contributed by atoms with Gasteiger partial charge in [-0.05, 0) is 42.8 Å². The summed E-state index contributed by atoms with van der Waals surface area (Å²) in [5, 5.41) is 6.34. The van der Waals surface area contributed by atoms with Gasteiger partial charge in [0.2, 0.25) is 0 Å². The number of aromatic nitrogens is 5. The highest BCUT2D eigenvalue weighted by Crippen LogP contribution is 2.26. The highest BCUT2D eigenvalue weighted by molar-refractivity contribution is 5.67. The Hall–Kier alpha value is -4.15. The smallest absolute Gasteiger partial charge is 0.406 e. The van der Waals surface area contributed by atoms with E-state index < -0.39 is 6.36 Å². The second kappa shape index (κ2) is 9.98. The van der Waals surface area contributed by atoms with Crippen LogP contribution in [0.1, 0.15) is 6.42 Å². The summed E-state index contributed by atoms with van der Waals surface area (Å²) in [6.45, 7) is 1.61. The largest absolute Gasteiger partial charge is 0.573 e. The number of aryl methyl sites for hydroxylation is 1. The van der Waals surface area contributed by atoms with Gasteiger partial charge in [0, 0.05) is 49.0 Å². The molecule has 0 amide bonds. The maximum absolute atomic E-state index is 12.3. The van der Waals surface area contributed by atoms with Crippen molar-refractivity contribution in [1.82, 2.24) is 24.5 Å². The molecule has 11 heteroatoms. The van der Waals surface area contributed by atoms with E-state index in [4.69, 9.17) is 0 Å². The minimum atomic E-state index is -4.73. The van der Waals surface area contributed by atoms with E-state index in [0.717, 1.165) is 30.9 Å². The topological polar surface area (TPSA) is 89.8 Å². The third-order valence-electron chi connectivity index (χ3n) is 4.54. The summed E-state index contributed by atoms with van der Waals surface area (Å²) < 4.78 is 42.8. The number of hydrogen-bond acceptors (Lipinski definition) is 7. The van der Waals surface area contributed by atoms with Crippen LogP contribution in [0, 0.1) is 0 Å². The maximum Gasteiger partial charge on any atom is 0.573 e. The lowest BCUT2D eigenvalue weighted by molar-refractivity contribution is -0.274. The summed E-state index contributed by atoms with van der Waals surface area (Å²) >= 11 is 0. The molecule has 2 N–H and O–H groups in total. The third-order valence-corrected chi connectivity index (χ3v) is 4.54. The molecule has 3 heterocycles. The summed E-state index contributed by atoms with van der Waals surface area (Å²) in [5.74, 6) is 0.931. The van der Waals surface area contributed by atoms with Gasteiger partial charge in [0.1, 0.15) is 23.7 Å². The molecule has 0 bridgehead atoms. The van der Waals surface area contributed by atoms with E-state index in [0.29, 0.717) is 17.2 Å². The van der Waals surface area contributed by atoms with Gasteiger partial charge in [0.05, 0.1) is 12.0 Å². The minimum absolute atomic E-state index is 0.293. The van der Waals surface area contributed by atoms with E-state index in [9.17, 15) is 13.2 Å². The second-order valence-corrected chi connectivity index (χ2v) is 7.00. The first-order valence-electron chi connectivity index (χ1n) is 10.1. The highest BCUT2D eigenvalue weighted by atomic mass is 19.4. The Morgan fingerprint density at radius 2 is 1.79 bits per heavy atom. The van der Waals surface area contributed by atoms with Crippen molar-refractivity contribution in [2.45, 2.75) is 19.3 Å². The third kappa shape index (κ3) is 6.66. The molecular formula is C22H20F3N7O. The lowest BCUT2D eigenvalue weighted by atomic mass is 10.2. The van der Waals surface area contributed by atoms with Crippen LogP contribution in [0.5, 0.6) is 5.75 Å². The van der Waals surface area contributed by atoms with Gasteiger partial charge in [-0.15, -0.1) is 13.2 Å². The molecule has 0 aliphatic rings. The quantitative estimate of drug-likeness (QED) is 0.348. The van der Waals surface area contributed by atoms with Crippen molar-refractivity contribution in [3.05, 3.63) is 73.7 Å². The van der Waals surface area contributed by atoms with E-state index >= 15 is 0 Å². The molecule has 0 spiro atoms. The molecular weight excluding hydrogens is 435 g/mol. The zero-order chi connectivity index (χ0) is 23.1. The number of ether oxygens (including phenoxy) is 1. The fraction of sp³-hybridized carbons (Fsp3) is 0.182. The van der Waals surface area contributed by atoms with Crippen LogP contribution in [-0.4, -0.2) is 37.4 Å². The lowest BCUT2D eigenvalue weighted by Gasteiger charge is -2.11. The molecule has 8 nitrogen and oxygen atoms in total. The van der Waals surface area contributed by atoms with E-state index in [1.165, 1.54) is 30.6 Å². The molecule has 0 saturated heterocycles. The van der Waals surface area contributed by atoms with Crippen LogP contribution in [0.2, 0.25) is 0 Å². The molecule has 1 aromatic carbocycles. The normalized spacial score (nSPS) is 11.2. The first kappa shape index (κ1) is 22.1. The Morgan fingerprint density at radius 1 is 0.939 bits per heavy atom. The van der Waals surface area contributed by atoms with Crippen LogP contribution in [0.3, 0.4) is 0 Å². The average Bonchev–Trinajstić information content (AvgIpc) is 3.31.